The van der Waals surface area contributed by atoms with Gasteiger partial charge in [0, 0.05) is 74.0 Å². The van der Waals surface area contributed by atoms with Crippen LogP contribution < -0.4 is 10.9 Å². The van der Waals surface area contributed by atoms with E-state index in [2.05, 4.69) is 51.9 Å². The van der Waals surface area contributed by atoms with Crippen molar-refractivity contribution in [2.45, 2.75) is 38.1 Å². The zero-order valence-electron chi connectivity index (χ0n) is 23.1. The molecule has 1 saturated heterocycles. The Bertz CT molecular complexity index is 1590. The molecule has 1 atom stereocenters. The van der Waals surface area contributed by atoms with Crippen molar-refractivity contribution in [1.82, 2.24) is 23.9 Å². The molecule has 8 nitrogen and oxygen atoms in total. The summed E-state index contributed by atoms with van der Waals surface area (Å²) in [6.45, 7) is 5.08. The van der Waals surface area contributed by atoms with Crippen LogP contribution in [-0.4, -0.2) is 63.6 Å². The van der Waals surface area contributed by atoms with Crippen LogP contribution in [0.4, 0.5) is 5.69 Å². The summed E-state index contributed by atoms with van der Waals surface area (Å²) in [6.07, 6.45) is 6.59. The Morgan fingerprint density at radius 3 is 2.56 bits per heavy atom. The van der Waals surface area contributed by atoms with E-state index in [9.17, 15) is 9.59 Å². The van der Waals surface area contributed by atoms with E-state index in [4.69, 9.17) is 0 Å². The molecule has 0 spiro atoms. The van der Waals surface area contributed by atoms with Gasteiger partial charge < -0.3 is 14.8 Å². The van der Waals surface area contributed by atoms with Crippen LogP contribution in [0.2, 0.25) is 0 Å². The Labute approximate surface area is 228 Å². The first-order valence-corrected chi connectivity index (χ1v) is 13.8. The highest BCUT2D eigenvalue weighted by atomic mass is 16.2. The number of hydrogen-bond donors (Lipinski definition) is 1. The summed E-state index contributed by atoms with van der Waals surface area (Å²) in [6, 6.07) is 14.5. The average Bonchev–Trinajstić information content (AvgIpc) is 3.58. The molecule has 0 radical (unpaired) electrons. The molecular formula is C31H36N6O2. The zero-order valence-corrected chi connectivity index (χ0v) is 23.1. The Hall–Kier alpha value is -3.91. The molecule has 8 heteroatoms. The lowest BCUT2D eigenvalue weighted by molar-refractivity contribution is 0.0827. The Balaban J connectivity index is 1.22. The van der Waals surface area contributed by atoms with Crippen molar-refractivity contribution in [2.75, 3.05) is 39.0 Å². The summed E-state index contributed by atoms with van der Waals surface area (Å²) in [4.78, 5) is 34.4. The van der Waals surface area contributed by atoms with E-state index in [1.807, 2.05) is 30.5 Å². The van der Waals surface area contributed by atoms with Crippen molar-refractivity contribution in [1.29, 1.82) is 0 Å². The van der Waals surface area contributed by atoms with Gasteiger partial charge in [-0.1, -0.05) is 12.1 Å². The van der Waals surface area contributed by atoms with Crippen LogP contribution in [0.1, 0.15) is 58.9 Å². The minimum atomic E-state index is 0.0378. The van der Waals surface area contributed by atoms with E-state index < -0.39 is 0 Å². The predicted molar refractivity (Wildman–Crippen MR) is 155 cm³/mol. The van der Waals surface area contributed by atoms with Gasteiger partial charge in [-0.15, -0.1) is 0 Å². The molecule has 202 valence electrons. The van der Waals surface area contributed by atoms with Gasteiger partial charge >= 0.3 is 0 Å². The Morgan fingerprint density at radius 2 is 1.85 bits per heavy atom. The van der Waals surface area contributed by atoms with E-state index >= 15 is 0 Å². The molecule has 2 aliphatic heterocycles. The maximum Gasteiger partial charge on any atom is 0.260 e. The van der Waals surface area contributed by atoms with E-state index in [1.54, 1.807) is 29.8 Å². The lowest BCUT2D eigenvalue weighted by Gasteiger charge is -2.36. The fraction of sp³-hybridized carbons (Fsp3) is 0.387. The van der Waals surface area contributed by atoms with Crippen molar-refractivity contribution in [2.24, 2.45) is 7.05 Å². The molecule has 2 aliphatic rings. The fourth-order valence-electron chi connectivity index (χ4n) is 6.30. The lowest BCUT2D eigenvalue weighted by Crippen LogP contribution is -2.35. The summed E-state index contributed by atoms with van der Waals surface area (Å²) < 4.78 is 3.95. The molecule has 0 unspecified atom stereocenters. The monoisotopic (exact) mass is 524 g/mol. The van der Waals surface area contributed by atoms with Gasteiger partial charge in [0.1, 0.15) is 5.65 Å². The van der Waals surface area contributed by atoms with Crippen LogP contribution in [0.3, 0.4) is 0 Å². The van der Waals surface area contributed by atoms with Gasteiger partial charge in [-0.2, -0.15) is 0 Å². The second-order valence-corrected chi connectivity index (χ2v) is 11.1. The number of carbonyl (C=O) groups excluding carboxylic acids is 1. The number of anilines is 1. The van der Waals surface area contributed by atoms with E-state index in [0.29, 0.717) is 5.92 Å². The summed E-state index contributed by atoms with van der Waals surface area (Å²) in [7, 11) is 5.64. The average molecular weight is 525 g/mol. The van der Waals surface area contributed by atoms with Crippen molar-refractivity contribution in [3.63, 3.8) is 0 Å². The summed E-state index contributed by atoms with van der Waals surface area (Å²) in [5, 5.41) is 4.29. The Morgan fingerprint density at radius 1 is 1.10 bits per heavy atom. The number of hydrogen-bond acceptors (Lipinski definition) is 5. The normalized spacial score (nSPS) is 16.7. The van der Waals surface area contributed by atoms with Crippen molar-refractivity contribution >= 4 is 22.6 Å². The lowest BCUT2D eigenvalue weighted by atomic mass is 9.88. The number of rotatable bonds is 5. The number of likely N-dealkylation sites (tertiary alicyclic amines) is 1. The number of carbonyl (C=O) groups is 1. The highest BCUT2D eigenvalue weighted by Gasteiger charge is 2.27. The molecule has 5 heterocycles. The van der Waals surface area contributed by atoms with Gasteiger partial charge in [-0.3, -0.25) is 19.1 Å². The van der Waals surface area contributed by atoms with Gasteiger partial charge in [0.15, 0.2) is 0 Å². The first-order chi connectivity index (χ1) is 18.8. The number of amides is 1. The largest absolute Gasteiger partial charge is 0.384 e. The second kappa shape index (κ2) is 10.0. The van der Waals surface area contributed by atoms with Gasteiger partial charge in [-0.25, -0.2) is 4.98 Å². The highest BCUT2D eigenvalue weighted by molar-refractivity contribution is 5.93. The van der Waals surface area contributed by atoms with Gasteiger partial charge in [0.2, 0.25) is 0 Å². The van der Waals surface area contributed by atoms with Crippen LogP contribution in [0.15, 0.2) is 59.7 Å². The molecule has 1 aromatic carbocycles. The number of aryl methyl sites for hydroxylation is 1. The molecule has 39 heavy (non-hydrogen) atoms. The minimum absolute atomic E-state index is 0.0378. The smallest absolute Gasteiger partial charge is 0.260 e. The SMILES string of the molecule is C[C@@H](c1cc2c(-n3ccc4c(c3=O)CCN4)ccnc2n1C)N1CCC(c2ccc(C(=O)N(C)C)cc2)CC1. The summed E-state index contributed by atoms with van der Waals surface area (Å²) >= 11 is 0. The zero-order chi connectivity index (χ0) is 27.3. The van der Waals surface area contributed by atoms with Crippen molar-refractivity contribution < 1.29 is 4.79 Å². The number of fused-ring (bicyclic) bond motifs is 2. The number of aromatic nitrogens is 3. The van der Waals surface area contributed by atoms with E-state index in [1.165, 1.54) is 11.3 Å². The minimum Gasteiger partial charge on any atom is -0.384 e. The molecule has 1 amide bonds. The molecule has 3 aromatic heterocycles. The topological polar surface area (TPSA) is 75.4 Å². The van der Waals surface area contributed by atoms with Gasteiger partial charge in [0.25, 0.3) is 11.5 Å². The summed E-state index contributed by atoms with van der Waals surface area (Å²) in [5.74, 6) is 0.537. The maximum absolute atomic E-state index is 13.3. The fourth-order valence-corrected chi connectivity index (χ4v) is 6.30. The molecular weight excluding hydrogens is 488 g/mol. The second-order valence-electron chi connectivity index (χ2n) is 11.1. The molecule has 0 aliphatic carbocycles. The molecule has 6 rings (SSSR count). The number of pyridine rings is 2. The van der Waals surface area contributed by atoms with E-state index in [0.717, 1.165) is 72.4 Å². The third-order valence-electron chi connectivity index (χ3n) is 8.63. The molecule has 1 fully saturated rings. The third kappa shape index (κ3) is 4.42. The first-order valence-electron chi connectivity index (χ1n) is 13.8. The number of nitrogens with one attached hydrogen (secondary N) is 1. The van der Waals surface area contributed by atoms with Crippen molar-refractivity contribution in [3.05, 3.63) is 87.6 Å². The quantitative estimate of drug-likeness (QED) is 0.421. The third-order valence-corrected chi connectivity index (χ3v) is 8.63. The van der Waals surface area contributed by atoms with Gasteiger partial charge in [0.05, 0.1) is 5.69 Å². The predicted octanol–water partition coefficient (Wildman–Crippen LogP) is 4.33. The molecule has 0 saturated carbocycles. The van der Waals surface area contributed by atoms with Crippen LogP contribution in [0, 0.1) is 0 Å². The number of benzene rings is 1. The number of piperidine rings is 1. The maximum atomic E-state index is 13.3. The number of nitrogens with zero attached hydrogens (tertiary/aromatic N) is 5. The standard InChI is InChI=1S/C31H36N6O2/c1-20(36-16-11-22(12-17-36)21-5-7-23(8-6-21)30(38)34(2)3)28-19-25-27(10-15-33-29(25)35(28)4)37-18-13-26-24(31(37)39)9-14-32-26/h5-8,10,13,15,18-20,22,32H,9,11-12,14,16-17H2,1-4H3/t20-/m0/s1. The van der Waals surface area contributed by atoms with Crippen LogP contribution >= 0.6 is 0 Å². The molecule has 1 N–H and O–H groups in total. The van der Waals surface area contributed by atoms with Crippen LogP contribution in [0.5, 0.6) is 0 Å². The summed E-state index contributed by atoms with van der Waals surface area (Å²) in [5.41, 5.74) is 6.86. The molecule has 4 aromatic rings. The van der Waals surface area contributed by atoms with E-state index in [-0.39, 0.29) is 17.5 Å². The van der Waals surface area contributed by atoms with Crippen molar-refractivity contribution in [3.8, 4) is 5.69 Å². The first kappa shape index (κ1) is 25.4. The van der Waals surface area contributed by atoms with Crippen LogP contribution in [-0.2, 0) is 13.5 Å². The highest BCUT2D eigenvalue weighted by Crippen LogP contribution is 2.35. The molecule has 0 bridgehead atoms. The van der Waals surface area contributed by atoms with Crippen LogP contribution in [0.25, 0.3) is 16.7 Å². The van der Waals surface area contributed by atoms with Gasteiger partial charge in [-0.05, 0) is 81.1 Å². The Kier molecular flexibility index (Phi) is 6.51.